The number of carbonyl (C=O) groups excluding carboxylic acids is 1. The van der Waals surface area contributed by atoms with Gasteiger partial charge in [0.15, 0.2) is 5.82 Å². The number of amides is 1. The summed E-state index contributed by atoms with van der Waals surface area (Å²) < 4.78 is 2.04. The van der Waals surface area contributed by atoms with Crippen molar-refractivity contribution in [3.63, 3.8) is 0 Å². The number of nitrogens with one attached hydrogen (secondary N) is 1. The van der Waals surface area contributed by atoms with Gasteiger partial charge in [-0.1, -0.05) is 6.07 Å². The van der Waals surface area contributed by atoms with Crippen LogP contribution in [-0.4, -0.2) is 43.7 Å². The second kappa shape index (κ2) is 7.79. The Hall–Kier alpha value is -3.81. The summed E-state index contributed by atoms with van der Waals surface area (Å²) in [6.07, 6.45) is 5.85. The summed E-state index contributed by atoms with van der Waals surface area (Å²) in [4.78, 5) is 23.8. The number of carbonyl (C=O) groups is 1. The average Bonchev–Trinajstić information content (AvgIpc) is 3.44. The minimum Gasteiger partial charge on any atom is -0.357 e. The van der Waals surface area contributed by atoms with Crippen molar-refractivity contribution in [2.45, 2.75) is 19.8 Å². The maximum atomic E-state index is 12.8. The first kappa shape index (κ1) is 19.2. The molecule has 1 aromatic carbocycles. The minimum absolute atomic E-state index is 0.227. The molecule has 4 aromatic rings. The first-order chi connectivity index (χ1) is 15.1. The molecule has 1 aliphatic heterocycles. The zero-order valence-corrected chi connectivity index (χ0v) is 17.5. The Labute approximate surface area is 180 Å². The van der Waals surface area contributed by atoms with Gasteiger partial charge in [-0.05, 0) is 50.1 Å². The molecule has 0 saturated carbocycles. The number of pyridine rings is 1. The maximum absolute atomic E-state index is 12.8. The molecule has 31 heavy (non-hydrogen) atoms. The molecule has 3 aromatic heterocycles. The van der Waals surface area contributed by atoms with Crippen LogP contribution >= 0.6 is 0 Å². The van der Waals surface area contributed by atoms with Gasteiger partial charge in [-0.25, -0.2) is 9.97 Å². The number of fused-ring (bicyclic) bond motifs is 1. The molecular formula is C23H23N7O. The molecule has 8 heteroatoms. The number of hydrogen-bond acceptors (Lipinski definition) is 6. The predicted molar refractivity (Wildman–Crippen MR) is 120 cm³/mol. The molecule has 156 valence electrons. The van der Waals surface area contributed by atoms with Gasteiger partial charge in [0.25, 0.3) is 5.91 Å². The molecule has 1 amide bonds. The van der Waals surface area contributed by atoms with E-state index in [-0.39, 0.29) is 5.91 Å². The van der Waals surface area contributed by atoms with Crippen LogP contribution in [-0.2, 0) is 7.05 Å². The third-order valence-corrected chi connectivity index (χ3v) is 5.78. The molecular weight excluding hydrogens is 390 g/mol. The van der Waals surface area contributed by atoms with Crippen LogP contribution in [0.5, 0.6) is 0 Å². The van der Waals surface area contributed by atoms with E-state index in [1.165, 1.54) is 0 Å². The van der Waals surface area contributed by atoms with E-state index in [2.05, 4.69) is 30.4 Å². The lowest BCUT2D eigenvalue weighted by Gasteiger charge is -2.16. The van der Waals surface area contributed by atoms with E-state index in [9.17, 15) is 4.79 Å². The number of imidazole rings is 1. The Morgan fingerprint density at radius 3 is 2.65 bits per heavy atom. The van der Waals surface area contributed by atoms with Gasteiger partial charge in [-0.2, -0.15) is 0 Å². The van der Waals surface area contributed by atoms with Crippen LogP contribution in [0.1, 0.15) is 29.0 Å². The largest absolute Gasteiger partial charge is 0.357 e. The van der Waals surface area contributed by atoms with Gasteiger partial charge in [0, 0.05) is 42.8 Å². The van der Waals surface area contributed by atoms with E-state index in [0.29, 0.717) is 11.4 Å². The number of anilines is 2. The maximum Gasteiger partial charge on any atom is 0.257 e. The van der Waals surface area contributed by atoms with E-state index in [1.54, 1.807) is 12.3 Å². The number of hydrogen-bond donors (Lipinski definition) is 1. The number of aromatic nitrogens is 5. The number of nitrogens with zero attached hydrogens (tertiary/aromatic N) is 6. The average molecular weight is 413 g/mol. The van der Waals surface area contributed by atoms with E-state index >= 15 is 0 Å². The van der Waals surface area contributed by atoms with Crippen molar-refractivity contribution in [3.05, 3.63) is 60.2 Å². The smallest absolute Gasteiger partial charge is 0.257 e. The molecule has 0 bridgehead atoms. The molecule has 0 unspecified atom stereocenters. The van der Waals surface area contributed by atoms with Gasteiger partial charge in [-0.15, -0.1) is 10.2 Å². The standard InChI is InChI=1S/C23H23N7O/c1-15-25-14-20(29(15)2)16-5-6-19-18(11-16)12-21(28-27-19)26-23(31)17-7-8-24-22(13-17)30-9-3-4-10-30/h5-8,11-14H,3-4,9-10H2,1-2H3,(H,26,28,31). The molecule has 1 fully saturated rings. The molecule has 4 heterocycles. The van der Waals surface area contributed by atoms with Crippen molar-refractivity contribution in [1.29, 1.82) is 0 Å². The van der Waals surface area contributed by atoms with Crippen LogP contribution in [0, 0.1) is 6.92 Å². The van der Waals surface area contributed by atoms with Crippen molar-refractivity contribution in [1.82, 2.24) is 24.7 Å². The van der Waals surface area contributed by atoms with Crippen LogP contribution in [0.25, 0.3) is 22.2 Å². The van der Waals surface area contributed by atoms with Crippen molar-refractivity contribution in [3.8, 4) is 11.3 Å². The summed E-state index contributed by atoms with van der Waals surface area (Å²) >= 11 is 0. The Kier molecular flexibility index (Phi) is 4.82. The van der Waals surface area contributed by atoms with Crippen LogP contribution in [0.3, 0.4) is 0 Å². The second-order valence-corrected chi connectivity index (χ2v) is 7.80. The molecule has 0 atom stereocenters. The Morgan fingerprint density at radius 1 is 1.03 bits per heavy atom. The SMILES string of the molecule is Cc1ncc(-c2ccc3nnc(NC(=O)c4ccnc(N5CCCC5)c4)cc3c2)n1C. The normalized spacial score (nSPS) is 13.7. The summed E-state index contributed by atoms with van der Waals surface area (Å²) in [5.41, 5.74) is 3.37. The highest BCUT2D eigenvalue weighted by atomic mass is 16.1. The quantitative estimate of drug-likeness (QED) is 0.550. The Balaban J connectivity index is 1.40. The summed E-state index contributed by atoms with van der Waals surface area (Å²) in [7, 11) is 1.99. The third kappa shape index (κ3) is 3.72. The molecule has 1 saturated heterocycles. The monoisotopic (exact) mass is 413 g/mol. The van der Waals surface area contributed by atoms with Gasteiger partial charge >= 0.3 is 0 Å². The molecule has 8 nitrogen and oxygen atoms in total. The van der Waals surface area contributed by atoms with Gasteiger partial charge in [0.1, 0.15) is 11.6 Å². The van der Waals surface area contributed by atoms with Gasteiger partial charge < -0.3 is 14.8 Å². The lowest BCUT2D eigenvalue weighted by Crippen LogP contribution is -2.20. The molecule has 0 aliphatic carbocycles. The molecule has 1 aliphatic rings. The van der Waals surface area contributed by atoms with Crippen molar-refractivity contribution < 1.29 is 4.79 Å². The van der Waals surface area contributed by atoms with Gasteiger partial charge in [-0.3, -0.25) is 4.79 Å². The molecule has 1 N–H and O–H groups in total. The lowest BCUT2D eigenvalue weighted by molar-refractivity contribution is 0.102. The van der Waals surface area contributed by atoms with E-state index in [4.69, 9.17) is 0 Å². The first-order valence-corrected chi connectivity index (χ1v) is 10.4. The highest BCUT2D eigenvalue weighted by molar-refractivity contribution is 6.04. The van der Waals surface area contributed by atoms with E-state index in [0.717, 1.165) is 59.7 Å². The third-order valence-electron chi connectivity index (χ3n) is 5.78. The summed E-state index contributed by atoms with van der Waals surface area (Å²) in [5.74, 6) is 1.97. The van der Waals surface area contributed by atoms with Crippen LogP contribution in [0.2, 0.25) is 0 Å². The number of aryl methyl sites for hydroxylation is 1. The lowest BCUT2D eigenvalue weighted by atomic mass is 10.1. The fourth-order valence-corrected chi connectivity index (χ4v) is 3.90. The van der Waals surface area contributed by atoms with Gasteiger partial charge in [0.2, 0.25) is 0 Å². The molecule has 0 radical (unpaired) electrons. The van der Waals surface area contributed by atoms with E-state index < -0.39 is 0 Å². The zero-order valence-electron chi connectivity index (χ0n) is 17.5. The first-order valence-electron chi connectivity index (χ1n) is 10.4. The minimum atomic E-state index is -0.227. The second-order valence-electron chi connectivity index (χ2n) is 7.80. The fraction of sp³-hybridized carbons (Fsp3) is 0.261. The van der Waals surface area contributed by atoms with Crippen molar-refractivity contribution in [2.24, 2.45) is 7.05 Å². The van der Waals surface area contributed by atoms with Crippen LogP contribution < -0.4 is 10.2 Å². The fourth-order valence-electron chi connectivity index (χ4n) is 3.90. The van der Waals surface area contributed by atoms with Gasteiger partial charge in [0.05, 0.1) is 17.4 Å². The number of benzene rings is 1. The van der Waals surface area contributed by atoms with Crippen LogP contribution in [0.15, 0.2) is 48.8 Å². The van der Waals surface area contributed by atoms with Crippen molar-refractivity contribution in [2.75, 3.05) is 23.3 Å². The summed E-state index contributed by atoms with van der Waals surface area (Å²) in [6.45, 7) is 3.93. The summed E-state index contributed by atoms with van der Waals surface area (Å²) in [6, 6.07) is 11.4. The topological polar surface area (TPSA) is 88.8 Å². The zero-order chi connectivity index (χ0) is 21.4. The van der Waals surface area contributed by atoms with E-state index in [1.807, 2.05) is 55.1 Å². The number of rotatable bonds is 4. The Morgan fingerprint density at radius 2 is 1.87 bits per heavy atom. The molecule has 0 spiro atoms. The van der Waals surface area contributed by atoms with Crippen LogP contribution in [0.4, 0.5) is 11.6 Å². The highest BCUT2D eigenvalue weighted by Crippen LogP contribution is 2.25. The van der Waals surface area contributed by atoms with Crippen molar-refractivity contribution >= 4 is 28.4 Å². The molecule has 5 rings (SSSR count). The highest BCUT2D eigenvalue weighted by Gasteiger charge is 2.16. The Bertz CT molecular complexity index is 1270. The predicted octanol–water partition coefficient (Wildman–Crippen LogP) is 3.59. The summed E-state index contributed by atoms with van der Waals surface area (Å²) in [5, 5.41) is 12.2.